The van der Waals surface area contributed by atoms with Gasteiger partial charge in [0.1, 0.15) is 5.60 Å². The molecule has 2 rings (SSSR count). The summed E-state index contributed by atoms with van der Waals surface area (Å²) in [6.07, 6.45) is 7.57. The van der Waals surface area contributed by atoms with Crippen LogP contribution in [0.1, 0.15) is 26.2 Å². The highest BCUT2D eigenvalue weighted by Gasteiger charge is 2.56. The van der Waals surface area contributed by atoms with Crippen LogP contribution in [0.3, 0.4) is 0 Å². The number of rotatable bonds is 5. The van der Waals surface area contributed by atoms with Gasteiger partial charge in [-0.2, -0.15) is 0 Å². The Morgan fingerprint density at radius 1 is 1.65 bits per heavy atom. The lowest BCUT2D eigenvalue weighted by Crippen LogP contribution is -2.54. The van der Waals surface area contributed by atoms with Crippen molar-refractivity contribution < 1.29 is 19.4 Å². The van der Waals surface area contributed by atoms with Crippen molar-refractivity contribution in [2.24, 2.45) is 11.8 Å². The quantitative estimate of drug-likeness (QED) is 0.580. The molecular formula is C15H21NO4. The molecule has 0 radical (unpaired) electrons. The SMILES string of the molecule is C=C[C@H]1C(=O)N[C@H]([C@@H](O)[C@@H]2C=CCCC2)[C@@]1(C)OC=O. The highest BCUT2D eigenvalue weighted by Crippen LogP contribution is 2.37. The fraction of sp³-hybridized carbons (Fsp3) is 0.600. The number of hydrogen-bond donors (Lipinski definition) is 2. The van der Waals surface area contributed by atoms with E-state index in [2.05, 4.69) is 11.9 Å². The van der Waals surface area contributed by atoms with E-state index in [0.717, 1.165) is 19.3 Å². The number of ether oxygens (including phenoxy) is 1. The molecule has 5 atom stereocenters. The molecule has 5 nitrogen and oxygen atoms in total. The molecule has 1 amide bonds. The Bertz CT molecular complexity index is 434. The molecule has 1 aliphatic carbocycles. The van der Waals surface area contributed by atoms with Crippen molar-refractivity contribution in [2.45, 2.75) is 43.9 Å². The molecule has 110 valence electrons. The van der Waals surface area contributed by atoms with Gasteiger partial charge in [0.25, 0.3) is 6.47 Å². The lowest BCUT2D eigenvalue weighted by atomic mass is 9.78. The molecule has 0 aromatic heterocycles. The van der Waals surface area contributed by atoms with Crippen LogP contribution in [0.5, 0.6) is 0 Å². The van der Waals surface area contributed by atoms with Gasteiger partial charge in [-0.1, -0.05) is 18.2 Å². The molecule has 2 aliphatic rings. The van der Waals surface area contributed by atoms with Crippen molar-refractivity contribution in [3.05, 3.63) is 24.8 Å². The van der Waals surface area contributed by atoms with E-state index in [1.54, 1.807) is 6.92 Å². The van der Waals surface area contributed by atoms with Crippen LogP contribution in [0, 0.1) is 11.8 Å². The predicted molar refractivity (Wildman–Crippen MR) is 73.7 cm³/mol. The second-order valence-corrected chi connectivity index (χ2v) is 5.61. The van der Waals surface area contributed by atoms with Gasteiger partial charge in [-0.3, -0.25) is 9.59 Å². The largest absolute Gasteiger partial charge is 0.458 e. The van der Waals surface area contributed by atoms with Crippen molar-refractivity contribution in [3.63, 3.8) is 0 Å². The summed E-state index contributed by atoms with van der Waals surface area (Å²) >= 11 is 0. The van der Waals surface area contributed by atoms with Gasteiger partial charge < -0.3 is 15.2 Å². The number of carbonyl (C=O) groups is 2. The standard InChI is InChI=1S/C15H21NO4/c1-3-11-14(19)16-13(15(11,2)20-9-17)12(18)10-7-5-4-6-8-10/h3,5,7,9-13,18H,1,4,6,8H2,2H3,(H,16,19)/t10-,11+,12+,13-,15+/m1/s1. The number of hydrogen-bond acceptors (Lipinski definition) is 4. The zero-order valence-electron chi connectivity index (χ0n) is 11.6. The van der Waals surface area contributed by atoms with Crippen LogP contribution in [-0.4, -0.2) is 35.2 Å². The summed E-state index contributed by atoms with van der Waals surface area (Å²) in [5, 5.41) is 13.3. The summed E-state index contributed by atoms with van der Waals surface area (Å²) in [5.41, 5.74) is -1.11. The smallest absolute Gasteiger partial charge is 0.293 e. The van der Waals surface area contributed by atoms with Crippen LogP contribution < -0.4 is 5.32 Å². The lowest BCUT2D eigenvalue weighted by Gasteiger charge is -2.37. The fourth-order valence-electron chi connectivity index (χ4n) is 3.23. The molecule has 5 heteroatoms. The number of amides is 1. The normalized spacial score (nSPS) is 38.1. The third-order valence-corrected chi connectivity index (χ3v) is 4.42. The van der Waals surface area contributed by atoms with E-state index >= 15 is 0 Å². The predicted octanol–water partition coefficient (Wildman–Crippen LogP) is 0.936. The van der Waals surface area contributed by atoms with Gasteiger partial charge in [0, 0.05) is 5.92 Å². The maximum absolute atomic E-state index is 12.0. The molecular weight excluding hydrogens is 258 g/mol. The highest BCUT2D eigenvalue weighted by molar-refractivity contribution is 5.85. The Hall–Kier alpha value is -1.62. The van der Waals surface area contributed by atoms with Crippen LogP contribution >= 0.6 is 0 Å². The van der Waals surface area contributed by atoms with Gasteiger partial charge >= 0.3 is 0 Å². The van der Waals surface area contributed by atoms with Crippen LogP contribution in [0.25, 0.3) is 0 Å². The van der Waals surface area contributed by atoms with E-state index in [1.165, 1.54) is 6.08 Å². The number of carbonyl (C=O) groups excluding carboxylic acids is 2. The Morgan fingerprint density at radius 3 is 2.95 bits per heavy atom. The maximum Gasteiger partial charge on any atom is 0.293 e. The molecule has 0 bridgehead atoms. The first-order valence-electron chi connectivity index (χ1n) is 6.93. The first-order chi connectivity index (χ1) is 9.54. The Kier molecular flexibility index (Phi) is 4.28. The number of allylic oxidation sites excluding steroid dienone is 1. The first-order valence-corrected chi connectivity index (χ1v) is 6.93. The zero-order valence-corrected chi connectivity index (χ0v) is 11.6. The monoisotopic (exact) mass is 279 g/mol. The summed E-state index contributed by atoms with van der Waals surface area (Å²) in [4.78, 5) is 22.8. The van der Waals surface area contributed by atoms with Crippen molar-refractivity contribution in [1.82, 2.24) is 5.32 Å². The van der Waals surface area contributed by atoms with Gasteiger partial charge in [-0.15, -0.1) is 6.58 Å². The second-order valence-electron chi connectivity index (χ2n) is 5.61. The molecule has 1 aliphatic heterocycles. The van der Waals surface area contributed by atoms with Crippen LogP contribution in [0.15, 0.2) is 24.8 Å². The van der Waals surface area contributed by atoms with Crippen LogP contribution in [0.4, 0.5) is 0 Å². The molecule has 0 aromatic rings. The first kappa shape index (κ1) is 14.8. The minimum Gasteiger partial charge on any atom is -0.458 e. The fourth-order valence-corrected chi connectivity index (χ4v) is 3.23. The molecule has 1 saturated heterocycles. The average Bonchev–Trinajstić information content (AvgIpc) is 2.70. The second kappa shape index (κ2) is 5.79. The molecule has 0 saturated carbocycles. The summed E-state index contributed by atoms with van der Waals surface area (Å²) in [5.74, 6) is -0.958. The number of aliphatic hydroxyl groups excluding tert-OH is 1. The molecule has 1 fully saturated rings. The summed E-state index contributed by atoms with van der Waals surface area (Å²) in [6.45, 7) is 5.61. The van der Waals surface area contributed by atoms with Gasteiger partial charge in [0.2, 0.25) is 5.91 Å². The minimum atomic E-state index is -1.11. The molecule has 20 heavy (non-hydrogen) atoms. The van der Waals surface area contributed by atoms with E-state index in [9.17, 15) is 14.7 Å². The third-order valence-electron chi connectivity index (χ3n) is 4.42. The average molecular weight is 279 g/mol. The molecule has 0 unspecified atom stereocenters. The number of nitrogens with one attached hydrogen (secondary N) is 1. The van der Waals surface area contributed by atoms with E-state index in [1.807, 2.05) is 12.2 Å². The Labute approximate surface area is 118 Å². The van der Waals surface area contributed by atoms with Gasteiger partial charge in [0.15, 0.2) is 0 Å². The van der Waals surface area contributed by atoms with Crippen LogP contribution in [-0.2, 0) is 14.3 Å². The molecule has 1 heterocycles. The van der Waals surface area contributed by atoms with Gasteiger partial charge in [-0.05, 0) is 26.2 Å². The summed E-state index contributed by atoms with van der Waals surface area (Å²) in [7, 11) is 0. The summed E-state index contributed by atoms with van der Waals surface area (Å²) < 4.78 is 5.17. The minimum absolute atomic E-state index is 0.0350. The van der Waals surface area contributed by atoms with Gasteiger partial charge in [0.05, 0.1) is 18.1 Å². The summed E-state index contributed by atoms with van der Waals surface area (Å²) in [6, 6.07) is -0.629. The van der Waals surface area contributed by atoms with Crippen molar-refractivity contribution in [1.29, 1.82) is 0 Å². The van der Waals surface area contributed by atoms with E-state index < -0.39 is 23.7 Å². The van der Waals surface area contributed by atoms with Crippen molar-refractivity contribution in [2.75, 3.05) is 0 Å². The van der Waals surface area contributed by atoms with E-state index in [-0.39, 0.29) is 11.8 Å². The third kappa shape index (κ3) is 2.38. The molecule has 0 spiro atoms. The molecule has 0 aromatic carbocycles. The molecule has 2 N–H and O–H groups in total. The topological polar surface area (TPSA) is 75.6 Å². The van der Waals surface area contributed by atoms with Crippen LogP contribution in [0.2, 0.25) is 0 Å². The maximum atomic E-state index is 12.0. The van der Waals surface area contributed by atoms with E-state index in [0.29, 0.717) is 6.47 Å². The lowest BCUT2D eigenvalue weighted by molar-refractivity contribution is -0.150. The highest BCUT2D eigenvalue weighted by atomic mass is 16.5. The van der Waals surface area contributed by atoms with Crippen molar-refractivity contribution >= 4 is 12.4 Å². The van der Waals surface area contributed by atoms with Gasteiger partial charge in [-0.25, -0.2) is 0 Å². The van der Waals surface area contributed by atoms with E-state index in [4.69, 9.17) is 4.74 Å². The Morgan fingerprint density at radius 2 is 2.40 bits per heavy atom. The van der Waals surface area contributed by atoms with Crippen molar-refractivity contribution in [3.8, 4) is 0 Å². The number of aliphatic hydroxyl groups is 1. The zero-order chi connectivity index (χ0) is 14.8. The Balaban J connectivity index is 2.26.